The van der Waals surface area contributed by atoms with Crippen molar-refractivity contribution in [1.82, 2.24) is 20.1 Å². The van der Waals surface area contributed by atoms with Crippen LogP contribution < -0.4 is 10.6 Å². The summed E-state index contributed by atoms with van der Waals surface area (Å²) in [6.07, 6.45) is 5.10. The van der Waals surface area contributed by atoms with E-state index < -0.39 is 0 Å². The zero-order chi connectivity index (χ0) is 17.0. The van der Waals surface area contributed by atoms with Gasteiger partial charge in [-0.2, -0.15) is 0 Å². The first kappa shape index (κ1) is 17.3. The lowest BCUT2D eigenvalue weighted by molar-refractivity contribution is -0.121. The maximum Gasteiger partial charge on any atom is 0.242 e. The predicted molar refractivity (Wildman–Crippen MR) is 96.0 cm³/mol. The molecule has 2 saturated heterocycles. The van der Waals surface area contributed by atoms with Gasteiger partial charge >= 0.3 is 0 Å². The van der Waals surface area contributed by atoms with Crippen molar-refractivity contribution in [1.29, 1.82) is 0 Å². The van der Waals surface area contributed by atoms with E-state index in [1.807, 2.05) is 25.1 Å². The molecule has 1 unspecified atom stereocenters. The molecule has 1 atom stereocenters. The molecule has 2 aliphatic heterocycles. The molecule has 132 valence electrons. The summed E-state index contributed by atoms with van der Waals surface area (Å²) >= 11 is 0. The van der Waals surface area contributed by atoms with Crippen LogP contribution in [0.15, 0.2) is 24.4 Å². The Bertz CT molecular complexity index is 544. The Hall–Kier alpha value is -1.50. The number of pyridine rings is 1. The molecule has 1 spiro atoms. The largest absolute Gasteiger partial charge is 0.317 e. The highest BCUT2D eigenvalue weighted by Crippen LogP contribution is 2.29. The first-order valence-corrected chi connectivity index (χ1v) is 8.99. The lowest BCUT2D eigenvalue weighted by Gasteiger charge is -2.46. The monoisotopic (exact) mass is 331 g/mol. The molecule has 2 N–H and O–H groups in total. The van der Waals surface area contributed by atoms with Crippen molar-refractivity contribution < 1.29 is 4.79 Å². The predicted octanol–water partition coefficient (Wildman–Crippen LogP) is 1.17. The summed E-state index contributed by atoms with van der Waals surface area (Å²) in [5.74, 6) is 0.653. The van der Waals surface area contributed by atoms with Gasteiger partial charge in [-0.15, -0.1) is 0 Å². The van der Waals surface area contributed by atoms with E-state index in [4.69, 9.17) is 0 Å². The van der Waals surface area contributed by atoms with Gasteiger partial charge in [-0.3, -0.25) is 14.6 Å². The van der Waals surface area contributed by atoms with Crippen LogP contribution in [0.2, 0.25) is 0 Å². The van der Waals surface area contributed by atoms with Crippen LogP contribution in [-0.4, -0.2) is 72.0 Å². The highest BCUT2D eigenvalue weighted by Gasteiger charge is 2.40. The van der Waals surface area contributed by atoms with Crippen molar-refractivity contribution >= 4 is 11.7 Å². The Labute approximate surface area is 144 Å². The van der Waals surface area contributed by atoms with E-state index in [-0.39, 0.29) is 17.5 Å². The second kappa shape index (κ2) is 7.59. The topological polar surface area (TPSA) is 60.5 Å². The molecular formula is C18H29N5O. The van der Waals surface area contributed by atoms with Gasteiger partial charge in [0.15, 0.2) is 0 Å². The molecular weight excluding hydrogens is 302 g/mol. The summed E-state index contributed by atoms with van der Waals surface area (Å²) in [6.45, 7) is 7.17. The SMILES string of the molecule is CC(C(=O)Nc1ccccn1)N1CCCN(C)C2(CCNCC2)C1. The second-order valence-corrected chi connectivity index (χ2v) is 7.10. The van der Waals surface area contributed by atoms with Crippen molar-refractivity contribution in [3.05, 3.63) is 24.4 Å². The fraction of sp³-hybridized carbons (Fsp3) is 0.667. The highest BCUT2D eigenvalue weighted by molar-refractivity contribution is 5.93. The van der Waals surface area contributed by atoms with Gasteiger partial charge in [-0.25, -0.2) is 4.98 Å². The van der Waals surface area contributed by atoms with Crippen molar-refractivity contribution in [3.8, 4) is 0 Å². The minimum absolute atomic E-state index is 0.0299. The molecule has 3 heterocycles. The smallest absolute Gasteiger partial charge is 0.242 e. The number of aromatic nitrogens is 1. The van der Waals surface area contributed by atoms with Gasteiger partial charge in [0, 0.05) is 24.8 Å². The van der Waals surface area contributed by atoms with Gasteiger partial charge in [-0.05, 0) is 65.0 Å². The average Bonchev–Trinajstić information content (AvgIpc) is 2.76. The van der Waals surface area contributed by atoms with Crippen molar-refractivity contribution in [2.75, 3.05) is 45.1 Å². The van der Waals surface area contributed by atoms with Crippen molar-refractivity contribution in [2.45, 2.75) is 37.8 Å². The van der Waals surface area contributed by atoms with Gasteiger partial charge in [0.2, 0.25) is 5.91 Å². The number of piperidine rings is 1. The molecule has 1 aromatic rings. The van der Waals surface area contributed by atoms with E-state index in [0.29, 0.717) is 5.82 Å². The third-order valence-electron chi connectivity index (χ3n) is 5.62. The molecule has 2 aliphatic rings. The average molecular weight is 331 g/mol. The second-order valence-electron chi connectivity index (χ2n) is 7.10. The van der Waals surface area contributed by atoms with Gasteiger partial charge in [0.25, 0.3) is 0 Å². The molecule has 3 rings (SSSR count). The molecule has 0 aromatic carbocycles. The number of nitrogens with one attached hydrogen (secondary N) is 2. The number of carbonyl (C=O) groups excluding carboxylic acids is 1. The number of nitrogens with zero attached hydrogens (tertiary/aromatic N) is 3. The lowest BCUT2D eigenvalue weighted by atomic mass is 9.86. The summed E-state index contributed by atoms with van der Waals surface area (Å²) in [5, 5.41) is 6.41. The number of likely N-dealkylation sites (N-methyl/N-ethyl adjacent to an activating group) is 1. The number of hydrogen-bond donors (Lipinski definition) is 2. The fourth-order valence-corrected chi connectivity index (χ4v) is 3.92. The quantitative estimate of drug-likeness (QED) is 0.871. The van der Waals surface area contributed by atoms with Crippen LogP contribution in [-0.2, 0) is 4.79 Å². The molecule has 1 amide bonds. The van der Waals surface area contributed by atoms with Gasteiger partial charge in [-0.1, -0.05) is 6.07 Å². The van der Waals surface area contributed by atoms with E-state index in [2.05, 4.69) is 32.5 Å². The summed E-state index contributed by atoms with van der Waals surface area (Å²) in [5.41, 5.74) is 0.196. The van der Waals surface area contributed by atoms with Crippen LogP contribution in [0.1, 0.15) is 26.2 Å². The Balaban J connectivity index is 1.69. The third-order valence-corrected chi connectivity index (χ3v) is 5.62. The van der Waals surface area contributed by atoms with Crippen LogP contribution in [0, 0.1) is 0 Å². The minimum Gasteiger partial charge on any atom is -0.317 e. The van der Waals surface area contributed by atoms with Crippen LogP contribution in [0.3, 0.4) is 0 Å². The first-order valence-electron chi connectivity index (χ1n) is 8.99. The molecule has 0 saturated carbocycles. The van der Waals surface area contributed by atoms with Crippen molar-refractivity contribution in [3.63, 3.8) is 0 Å². The lowest BCUT2D eigenvalue weighted by Crippen LogP contribution is -2.59. The van der Waals surface area contributed by atoms with Crippen molar-refractivity contribution in [2.24, 2.45) is 0 Å². The van der Waals surface area contributed by atoms with Gasteiger partial charge < -0.3 is 10.6 Å². The molecule has 24 heavy (non-hydrogen) atoms. The Morgan fingerprint density at radius 3 is 2.83 bits per heavy atom. The summed E-state index contributed by atoms with van der Waals surface area (Å²) in [7, 11) is 2.24. The van der Waals surface area contributed by atoms with E-state index in [1.54, 1.807) is 6.20 Å². The van der Waals surface area contributed by atoms with Gasteiger partial charge in [0.05, 0.1) is 6.04 Å². The van der Waals surface area contributed by atoms with Crippen LogP contribution in [0.4, 0.5) is 5.82 Å². The number of amides is 1. The fourth-order valence-electron chi connectivity index (χ4n) is 3.92. The maximum atomic E-state index is 12.7. The minimum atomic E-state index is -0.148. The van der Waals surface area contributed by atoms with Crippen LogP contribution in [0.25, 0.3) is 0 Å². The van der Waals surface area contributed by atoms with Gasteiger partial charge in [0.1, 0.15) is 5.82 Å². The summed E-state index contributed by atoms with van der Waals surface area (Å²) in [4.78, 5) is 21.7. The maximum absolute atomic E-state index is 12.7. The first-order chi connectivity index (χ1) is 11.6. The van der Waals surface area contributed by atoms with E-state index >= 15 is 0 Å². The zero-order valence-electron chi connectivity index (χ0n) is 14.8. The normalized spacial score (nSPS) is 23.6. The standard InChI is InChI=1S/C18H29N5O/c1-15(17(24)21-16-6-3-4-9-20-16)23-13-5-12-22(2)18(14-23)7-10-19-11-8-18/h3-4,6,9,15,19H,5,7-8,10-14H2,1-2H3,(H,20,21,24). The molecule has 1 aromatic heterocycles. The van der Waals surface area contributed by atoms with Crippen LogP contribution >= 0.6 is 0 Å². The Kier molecular flexibility index (Phi) is 5.48. The van der Waals surface area contributed by atoms with E-state index in [9.17, 15) is 4.79 Å². The number of anilines is 1. The number of rotatable bonds is 3. The van der Waals surface area contributed by atoms with E-state index in [1.165, 1.54) is 0 Å². The molecule has 0 aliphatic carbocycles. The molecule has 0 radical (unpaired) electrons. The van der Waals surface area contributed by atoms with E-state index in [0.717, 1.165) is 52.0 Å². The van der Waals surface area contributed by atoms with Crippen LogP contribution in [0.5, 0.6) is 0 Å². The molecule has 2 fully saturated rings. The highest BCUT2D eigenvalue weighted by atomic mass is 16.2. The molecule has 6 nitrogen and oxygen atoms in total. The third kappa shape index (κ3) is 3.77. The molecule has 0 bridgehead atoms. The zero-order valence-corrected chi connectivity index (χ0v) is 14.8. The number of carbonyl (C=O) groups is 1. The Morgan fingerprint density at radius 2 is 2.12 bits per heavy atom. The summed E-state index contributed by atoms with van der Waals surface area (Å²) < 4.78 is 0. The molecule has 6 heteroatoms. The summed E-state index contributed by atoms with van der Waals surface area (Å²) in [6, 6.07) is 5.42. The number of hydrogen-bond acceptors (Lipinski definition) is 5. The Morgan fingerprint density at radius 1 is 1.33 bits per heavy atom.